The van der Waals surface area contributed by atoms with E-state index in [-0.39, 0.29) is 10.8 Å². The topological polar surface area (TPSA) is 87.9 Å². The Hall–Kier alpha value is -2.94. The smallest absolute Gasteiger partial charge is 0.229 e. The van der Waals surface area contributed by atoms with Crippen molar-refractivity contribution in [3.8, 4) is 0 Å². The maximum atomic E-state index is 6.52. The molecule has 5 rings (SSSR count). The molecule has 30 heavy (non-hydrogen) atoms. The number of hydrogen-bond donors (Lipinski definition) is 1. The van der Waals surface area contributed by atoms with E-state index in [1.807, 2.05) is 19.3 Å². The van der Waals surface area contributed by atoms with Gasteiger partial charge in [-0.3, -0.25) is 4.68 Å². The third kappa shape index (κ3) is 3.13. The van der Waals surface area contributed by atoms with Crippen molar-refractivity contribution in [2.75, 3.05) is 41.3 Å². The van der Waals surface area contributed by atoms with E-state index in [1.54, 1.807) is 29.6 Å². The highest BCUT2D eigenvalue weighted by Crippen LogP contribution is 2.53. The zero-order valence-electron chi connectivity index (χ0n) is 17.2. The van der Waals surface area contributed by atoms with E-state index in [0.717, 1.165) is 43.5 Å². The van der Waals surface area contributed by atoms with Gasteiger partial charge >= 0.3 is 0 Å². The molecule has 2 saturated heterocycles. The molecule has 9 nitrogen and oxygen atoms in total. The Kier molecular flexibility index (Phi) is 4.32. The first kappa shape index (κ1) is 19.0. The van der Waals surface area contributed by atoms with Gasteiger partial charge in [0.1, 0.15) is 17.2 Å². The Bertz CT molecular complexity index is 1050. The molecule has 0 bridgehead atoms. The van der Waals surface area contributed by atoms with E-state index >= 15 is 0 Å². The van der Waals surface area contributed by atoms with Gasteiger partial charge in [-0.25, -0.2) is 15.0 Å². The van der Waals surface area contributed by atoms with Gasteiger partial charge in [0.15, 0.2) is 5.82 Å². The van der Waals surface area contributed by atoms with Crippen LogP contribution in [0, 0.1) is 10.8 Å². The first-order valence-electron chi connectivity index (χ1n) is 9.89. The summed E-state index contributed by atoms with van der Waals surface area (Å²) in [5.74, 6) is 2.26. The van der Waals surface area contributed by atoms with Crippen molar-refractivity contribution >= 4 is 34.9 Å². The third-order valence-electron chi connectivity index (χ3n) is 6.49. The number of hydrogen-bond acceptors (Lipinski definition) is 8. The fraction of sp³-hybridized carbons (Fsp3) is 0.450. The molecule has 1 N–H and O–H groups in total. The molecule has 0 radical (unpaired) electrons. The maximum Gasteiger partial charge on any atom is 0.229 e. The summed E-state index contributed by atoms with van der Waals surface area (Å²) in [6.45, 7) is 8.29. The minimum atomic E-state index is 0.0865. The number of fused-ring (bicyclic) bond motifs is 1. The lowest BCUT2D eigenvalue weighted by atomic mass is 9.71. The van der Waals surface area contributed by atoms with Crippen LogP contribution in [-0.2, 0) is 7.05 Å². The Balaban J connectivity index is 1.38. The van der Waals surface area contributed by atoms with Gasteiger partial charge in [-0.05, 0) is 6.07 Å². The van der Waals surface area contributed by atoms with Crippen LogP contribution in [0.2, 0.25) is 5.02 Å². The van der Waals surface area contributed by atoms with Gasteiger partial charge in [0.05, 0.1) is 18.1 Å². The zero-order chi connectivity index (χ0) is 20.9. The summed E-state index contributed by atoms with van der Waals surface area (Å²) in [4.78, 5) is 22.2. The molecule has 0 spiro atoms. The van der Waals surface area contributed by atoms with E-state index < -0.39 is 0 Å². The fourth-order valence-corrected chi connectivity index (χ4v) is 4.91. The van der Waals surface area contributed by atoms with Crippen molar-refractivity contribution in [2.45, 2.75) is 13.8 Å². The van der Waals surface area contributed by atoms with Crippen molar-refractivity contribution < 1.29 is 0 Å². The molecule has 2 aliphatic heterocycles. The highest BCUT2D eigenvalue weighted by molar-refractivity contribution is 6.32. The maximum absolute atomic E-state index is 6.52. The van der Waals surface area contributed by atoms with Crippen LogP contribution in [0.5, 0.6) is 0 Å². The highest BCUT2D eigenvalue weighted by atomic mass is 35.5. The zero-order valence-corrected chi connectivity index (χ0v) is 18.0. The van der Waals surface area contributed by atoms with Crippen LogP contribution in [0.25, 0.3) is 0 Å². The Morgan fingerprint density at radius 3 is 2.40 bits per heavy atom. The lowest BCUT2D eigenvalue weighted by molar-refractivity contribution is 0.212. The molecule has 0 aromatic carbocycles. The largest absolute Gasteiger partial charge is 0.355 e. The lowest BCUT2D eigenvalue weighted by Gasteiger charge is -2.29. The Morgan fingerprint density at radius 1 is 1.03 bits per heavy atom. The van der Waals surface area contributed by atoms with Crippen LogP contribution in [-0.4, -0.2) is 55.9 Å². The van der Waals surface area contributed by atoms with Gasteiger partial charge < -0.3 is 15.1 Å². The molecule has 5 heterocycles. The van der Waals surface area contributed by atoms with Gasteiger partial charge in [0.2, 0.25) is 5.95 Å². The molecule has 0 saturated carbocycles. The fourth-order valence-electron chi connectivity index (χ4n) is 4.70. The molecule has 0 aliphatic carbocycles. The summed E-state index contributed by atoms with van der Waals surface area (Å²) in [6, 6.07) is 1.98. The van der Waals surface area contributed by atoms with Crippen molar-refractivity contribution in [3.05, 3.63) is 42.2 Å². The van der Waals surface area contributed by atoms with E-state index in [2.05, 4.69) is 49.0 Å². The predicted octanol–water partition coefficient (Wildman–Crippen LogP) is 2.75. The summed E-state index contributed by atoms with van der Waals surface area (Å²) < 4.78 is 1.73. The van der Waals surface area contributed by atoms with Crippen molar-refractivity contribution in [1.82, 2.24) is 29.7 Å². The second kappa shape index (κ2) is 6.80. The molecule has 3 aromatic heterocycles. The van der Waals surface area contributed by atoms with Crippen molar-refractivity contribution in [1.29, 1.82) is 0 Å². The normalized spacial score (nSPS) is 25.6. The number of aryl methyl sites for hydroxylation is 1. The van der Waals surface area contributed by atoms with Gasteiger partial charge in [-0.2, -0.15) is 10.1 Å². The van der Waals surface area contributed by atoms with E-state index in [9.17, 15) is 0 Å². The second-order valence-corrected chi connectivity index (χ2v) is 9.20. The van der Waals surface area contributed by atoms with Crippen LogP contribution in [0.4, 0.5) is 23.3 Å². The van der Waals surface area contributed by atoms with Crippen molar-refractivity contribution in [3.63, 3.8) is 0 Å². The number of aromatic nitrogens is 6. The molecule has 2 fully saturated rings. The summed E-state index contributed by atoms with van der Waals surface area (Å²) in [6.07, 6.45) is 8.68. The highest BCUT2D eigenvalue weighted by Gasteiger charge is 2.58. The van der Waals surface area contributed by atoms with E-state index in [1.165, 1.54) is 0 Å². The SMILES string of the molecule is Cn1cc(Nc2ncc(Cl)c(N3CC4(C)CN(c5ccncn5)CC4(C)C3)n2)cn1. The molecule has 2 aliphatic rings. The summed E-state index contributed by atoms with van der Waals surface area (Å²) >= 11 is 6.52. The molecule has 2 unspecified atom stereocenters. The van der Waals surface area contributed by atoms with Crippen molar-refractivity contribution in [2.24, 2.45) is 17.9 Å². The summed E-state index contributed by atoms with van der Waals surface area (Å²) in [7, 11) is 1.87. The number of nitrogens with one attached hydrogen (secondary N) is 1. The monoisotopic (exact) mass is 425 g/mol. The average molecular weight is 426 g/mol. The van der Waals surface area contributed by atoms with Gasteiger partial charge in [-0.15, -0.1) is 0 Å². The third-order valence-corrected chi connectivity index (χ3v) is 6.76. The molecule has 10 heteroatoms. The Labute approximate surface area is 180 Å². The van der Waals surface area contributed by atoms with E-state index in [4.69, 9.17) is 16.6 Å². The minimum Gasteiger partial charge on any atom is -0.355 e. The Morgan fingerprint density at radius 2 is 1.77 bits per heavy atom. The van der Waals surface area contributed by atoms with Crippen LogP contribution in [0.3, 0.4) is 0 Å². The number of halogens is 1. The van der Waals surface area contributed by atoms with Gasteiger partial charge in [-0.1, -0.05) is 25.4 Å². The minimum absolute atomic E-state index is 0.0865. The first-order valence-corrected chi connectivity index (χ1v) is 10.3. The second-order valence-electron chi connectivity index (χ2n) is 8.79. The molecular weight excluding hydrogens is 402 g/mol. The molecule has 0 amide bonds. The van der Waals surface area contributed by atoms with Gasteiger partial charge in [0, 0.05) is 56.5 Å². The lowest BCUT2D eigenvalue weighted by Crippen LogP contribution is -2.34. The molecule has 3 aromatic rings. The first-order chi connectivity index (χ1) is 14.4. The number of rotatable bonds is 4. The van der Waals surface area contributed by atoms with Crippen LogP contribution in [0.15, 0.2) is 37.2 Å². The molecule has 2 atom stereocenters. The summed E-state index contributed by atoms with van der Waals surface area (Å²) in [5, 5.41) is 7.93. The average Bonchev–Trinajstić information content (AvgIpc) is 3.31. The predicted molar refractivity (Wildman–Crippen MR) is 116 cm³/mol. The summed E-state index contributed by atoms with van der Waals surface area (Å²) in [5.41, 5.74) is 1.01. The van der Waals surface area contributed by atoms with Crippen LogP contribution in [0.1, 0.15) is 13.8 Å². The number of nitrogens with zero attached hydrogens (tertiary/aromatic N) is 8. The quantitative estimate of drug-likeness (QED) is 0.682. The number of anilines is 4. The van der Waals surface area contributed by atoms with E-state index in [0.29, 0.717) is 11.0 Å². The standard InChI is InChI=1S/C20H24ClN9/c1-19-9-29(16-4-5-22-13-24-16)10-20(19,2)12-30(11-19)17-15(21)7-23-18(27-17)26-14-6-25-28(3)8-14/h4-8,13H,9-12H2,1-3H3,(H,23,26,27). The molecule has 156 valence electrons. The van der Waals surface area contributed by atoms with Crippen LogP contribution >= 0.6 is 11.6 Å². The van der Waals surface area contributed by atoms with Crippen LogP contribution < -0.4 is 15.1 Å². The molecular formula is C20H24ClN9. The van der Waals surface area contributed by atoms with Gasteiger partial charge in [0.25, 0.3) is 0 Å².